The van der Waals surface area contributed by atoms with E-state index in [1.54, 1.807) is 7.11 Å². The van der Waals surface area contributed by atoms with Crippen molar-refractivity contribution < 1.29 is 9.53 Å². The SMILES string of the molecule is COC1CN(C(=O)C2(N)CC2)CCC1C. The number of hydrogen-bond acceptors (Lipinski definition) is 3. The lowest BCUT2D eigenvalue weighted by Crippen LogP contribution is -2.52. The molecule has 1 aliphatic heterocycles. The fraction of sp³-hybridized carbons (Fsp3) is 0.909. The maximum Gasteiger partial charge on any atom is 0.242 e. The Labute approximate surface area is 90.8 Å². The Morgan fingerprint density at radius 1 is 1.53 bits per heavy atom. The summed E-state index contributed by atoms with van der Waals surface area (Å²) in [6.45, 7) is 3.71. The number of hydrogen-bond donors (Lipinski definition) is 1. The number of nitrogens with two attached hydrogens (primary N) is 1. The lowest BCUT2D eigenvalue weighted by atomic mass is 9.95. The van der Waals surface area contributed by atoms with Crippen molar-refractivity contribution in [2.75, 3.05) is 20.2 Å². The molecule has 4 nitrogen and oxygen atoms in total. The van der Waals surface area contributed by atoms with Crippen LogP contribution in [0.3, 0.4) is 0 Å². The molecular weight excluding hydrogens is 192 g/mol. The van der Waals surface area contributed by atoms with E-state index in [2.05, 4.69) is 6.92 Å². The summed E-state index contributed by atoms with van der Waals surface area (Å²) in [5, 5.41) is 0. The third-order valence-electron chi connectivity index (χ3n) is 3.69. The molecule has 0 aromatic rings. The minimum Gasteiger partial charge on any atom is -0.379 e. The minimum absolute atomic E-state index is 0.122. The molecule has 1 saturated carbocycles. The Bertz CT molecular complexity index is 263. The van der Waals surface area contributed by atoms with Crippen LogP contribution in [-0.4, -0.2) is 42.6 Å². The van der Waals surface area contributed by atoms with Gasteiger partial charge in [0.05, 0.1) is 11.6 Å². The molecule has 0 bridgehead atoms. The first-order valence-electron chi connectivity index (χ1n) is 5.68. The van der Waals surface area contributed by atoms with Gasteiger partial charge in [0.1, 0.15) is 0 Å². The van der Waals surface area contributed by atoms with Crippen LogP contribution in [0.25, 0.3) is 0 Å². The van der Waals surface area contributed by atoms with Gasteiger partial charge in [-0.1, -0.05) is 6.92 Å². The molecular formula is C11H20N2O2. The van der Waals surface area contributed by atoms with E-state index in [0.29, 0.717) is 12.5 Å². The molecule has 4 heteroatoms. The molecule has 0 radical (unpaired) electrons. The quantitative estimate of drug-likeness (QED) is 0.719. The Balaban J connectivity index is 1.96. The van der Waals surface area contributed by atoms with Crippen molar-refractivity contribution in [3.63, 3.8) is 0 Å². The summed E-state index contributed by atoms with van der Waals surface area (Å²) < 4.78 is 5.38. The second-order valence-corrected chi connectivity index (χ2v) is 4.95. The highest BCUT2D eigenvalue weighted by atomic mass is 16.5. The number of likely N-dealkylation sites (tertiary alicyclic amines) is 1. The largest absolute Gasteiger partial charge is 0.379 e. The normalized spacial score (nSPS) is 33.9. The molecule has 2 aliphatic rings. The number of amides is 1. The second-order valence-electron chi connectivity index (χ2n) is 4.95. The smallest absolute Gasteiger partial charge is 0.242 e. The van der Waals surface area contributed by atoms with Gasteiger partial charge in [0.15, 0.2) is 0 Å². The first-order valence-corrected chi connectivity index (χ1v) is 5.68. The molecule has 2 rings (SSSR count). The predicted octanol–water partition coefficient (Wildman–Crippen LogP) is 0.361. The molecule has 2 N–H and O–H groups in total. The van der Waals surface area contributed by atoms with Gasteiger partial charge in [-0.05, 0) is 25.2 Å². The van der Waals surface area contributed by atoms with Crippen molar-refractivity contribution in [2.45, 2.75) is 37.8 Å². The number of carbonyl (C=O) groups excluding carboxylic acids is 1. The Hall–Kier alpha value is -0.610. The van der Waals surface area contributed by atoms with Crippen molar-refractivity contribution >= 4 is 5.91 Å². The summed E-state index contributed by atoms with van der Waals surface area (Å²) in [5.74, 6) is 0.656. The first-order chi connectivity index (χ1) is 7.07. The van der Waals surface area contributed by atoms with Crippen molar-refractivity contribution in [1.29, 1.82) is 0 Å². The molecule has 1 aliphatic carbocycles. The molecule has 86 valence electrons. The molecule has 2 fully saturated rings. The average Bonchev–Trinajstić information content (AvgIpc) is 2.97. The third-order valence-corrected chi connectivity index (χ3v) is 3.69. The molecule has 0 aromatic carbocycles. The Morgan fingerprint density at radius 2 is 2.20 bits per heavy atom. The van der Waals surface area contributed by atoms with Crippen molar-refractivity contribution in [3.8, 4) is 0 Å². The fourth-order valence-electron chi connectivity index (χ4n) is 2.19. The summed E-state index contributed by atoms with van der Waals surface area (Å²) in [5.41, 5.74) is 5.38. The average molecular weight is 212 g/mol. The van der Waals surface area contributed by atoms with E-state index >= 15 is 0 Å². The third kappa shape index (κ3) is 2.01. The molecule has 1 heterocycles. The van der Waals surface area contributed by atoms with Crippen molar-refractivity contribution in [1.82, 2.24) is 4.90 Å². The monoisotopic (exact) mass is 212 g/mol. The highest BCUT2D eigenvalue weighted by Gasteiger charge is 2.49. The fourth-order valence-corrected chi connectivity index (χ4v) is 2.19. The topological polar surface area (TPSA) is 55.6 Å². The standard InChI is InChI=1S/C11H20N2O2/c1-8-3-6-13(7-9(8)15-2)10(14)11(12)4-5-11/h8-9H,3-7,12H2,1-2H3. The van der Waals surface area contributed by atoms with Gasteiger partial charge in [0.25, 0.3) is 0 Å². The van der Waals surface area contributed by atoms with Crippen LogP contribution in [0.5, 0.6) is 0 Å². The van der Waals surface area contributed by atoms with E-state index in [0.717, 1.165) is 25.8 Å². The van der Waals surface area contributed by atoms with E-state index in [4.69, 9.17) is 10.5 Å². The van der Waals surface area contributed by atoms with Crippen molar-refractivity contribution in [2.24, 2.45) is 11.7 Å². The summed E-state index contributed by atoms with van der Waals surface area (Å²) in [4.78, 5) is 13.9. The van der Waals surface area contributed by atoms with Gasteiger partial charge in [-0.2, -0.15) is 0 Å². The van der Waals surface area contributed by atoms with E-state index in [1.165, 1.54) is 0 Å². The number of methoxy groups -OCH3 is 1. The van der Waals surface area contributed by atoms with Gasteiger partial charge in [0.2, 0.25) is 5.91 Å². The van der Waals surface area contributed by atoms with Gasteiger partial charge >= 0.3 is 0 Å². The van der Waals surface area contributed by atoms with Crippen LogP contribution in [0.4, 0.5) is 0 Å². The van der Waals surface area contributed by atoms with Crippen molar-refractivity contribution in [3.05, 3.63) is 0 Å². The highest BCUT2D eigenvalue weighted by Crippen LogP contribution is 2.35. The number of carbonyl (C=O) groups is 1. The minimum atomic E-state index is -0.529. The molecule has 0 spiro atoms. The second kappa shape index (κ2) is 3.76. The zero-order valence-corrected chi connectivity index (χ0v) is 9.53. The molecule has 1 saturated heterocycles. The number of nitrogens with zero attached hydrogens (tertiary/aromatic N) is 1. The van der Waals surface area contributed by atoms with Crippen LogP contribution in [0.2, 0.25) is 0 Å². The molecule has 0 aromatic heterocycles. The highest BCUT2D eigenvalue weighted by molar-refractivity contribution is 5.89. The summed E-state index contributed by atoms with van der Waals surface area (Å²) in [7, 11) is 1.71. The summed E-state index contributed by atoms with van der Waals surface area (Å²) in [6.07, 6.45) is 2.87. The zero-order chi connectivity index (χ0) is 11.1. The summed E-state index contributed by atoms with van der Waals surface area (Å²) in [6, 6.07) is 0. The van der Waals surface area contributed by atoms with Gasteiger partial charge < -0.3 is 15.4 Å². The molecule has 1 amide bonds. The van der Waals surface area contributed by atoms with E-state index in [-0.39, 0.29) is 12.0 Å². The maximum absolute atomic E-state index is 12.0. The molecule has 15 heavy (non-hydrogen) atoms. The molecule has 2 atom stereocenters. The van der Waals surface area contributed by atoms with E-state index in [1.807, 2.05) is 4.90 Å². The number of ether oxygens (including phenoxy) is 1. The van der Waals surface area contributed by atoms with Crippen LogP contribution in [0.1, 0.15) is 26.2 Å². The lowest BCUT2D eigenvalue weighted by molar-refractivity contribution is -0.138. The van der Waals surface area contributed by atoms with Crippen LogP contribution in [0, 0.1) is 5.92 Å². The van der Waals surface area contributed by atoms with Gasteiger partial charge in [-0.25, -0.2) is 0 Å². The maximum atomic E-state index is 12.0. The first kappa shape index (κ1) is 10.9. The van der Waals surface area contributed by atoms with Crippen LogP contribution in [-0.2, 0) is 9.53 Å². The van der Waals surface area contributed by atoms with Crippen LogP contribution >= 0.6 is 0 Å². The molecule has 2 unspecified atom stereocenters. The van der Waals surface area contributed by atoms with E-state index in [9.17, 15) is 4.79 Å². The van der Waals surface area contributed by atoms with Crippen LogP contribution in [0.15, 0.2) is 0 Å². The Morgan fingerprint density at radius 3 is 2.73 bits per heavy atom. The van der Waals surface area contributed by atoms with E-state index < -0.39 is 5.54 Å². The number of piperidine rings is 1. The Kier molecular flexibility index (Phi) is 2.73. The van der Waals surface area contributed by atoms with Gasteiger partial charge in [0, 0.05) is 20.2 Å². The summed E-state index contributed by atoms with van der Waals surface area (Å²) >= 11 is 0. The lowest BCUT2D eigenvalue weighted by Gasteiger charge is -2.37. The van der Waals surface area contributed by atoms with Crippen LogP contribution < -0.4 is 5.73 Å². The predicted molar refractivity (Wildman–Crippen MR) is 57.3 cm³/mol. The zero-order valence-electron chi connectivity index (χ0n) is 9.53. The van der Waals surface area contributed by atoms with Gasteiger partial charge in [-0.15, -0.1) is 0 Å². The number of rotatable bonds is 2. The van der Waals surface area contributed by atoms with Gasteiger partial charge in [-0.3, -0.25) is 4.79 Å².